The average Bonchev–Trinajstić information content (AvgIpc) is 2.29. The summed E-state index contributed by atoms with van der Waals surface area (Å²) in [6.07, 6.45) is 3.31. The highest BCUT2D eigenvalue weighted by molar-refractivity contribution is 5.35. The fourth-order valence-electron chi connectivity index (χ4n) is 1.70. The fraction of sp³-hybridized carbons (Fsp3) is 0.538. The van der Waals surface area contributed by atoms with E-state index in [2.05, 4.69) is 6.92 Å². The summed E-state index contributed by atoms with van der Waals surface area (Å²) >= 11 is 0. The van der Waals surface area contributed by atoms with Gasteiger partial charge < -0.3 is 9.84 Å². The molecular formula is C13H19FO2. The smallest absolute Gasteiger partial charge is 0.127 e. The minimum absolute atomic E-state index is 0.346. The first-order chi connectivity index (χ1) is 7.69. The molecule has 0 spiro atoms. The van der Waals surface area contributed by atoms with Crippen molar-refractivity contribution in [1.29, 1.82) is 0 Å². The number of halogens is 1. The molecule has 0 aliphatic carbocycles. The number of rotatable bonds is 6. The zero-order valence-electron chi connectivity index (χ0n) is 9.87. The van der Waals surface area contributed by atoms with E-state index in [0.29, 0.717) is 17.7 Å². The number of aliphatic hydroxyl groups is 1. The quantitative estimate of drug-likeness (QED) is 0.753. The molecular weight excluding hydrogens is 207 g/mol. The number of hydrogen-bond acceptors (Lipinski definition) is 2. The van der Waals surface area contributed by atoms with E-state index in [1.54, 1.807) is 6.07 Å². The van der Waals surface area contributed by atoms with Gasteiger partial charge in [-0.2, -0.15) is 0 Å². The Kier molecular flexibility index (Phi) is 5.26. The molecule has 0 fully saturated rings. The Labute approximate surface area is 96.1 Å². The van der Waals surface area contributed by atoms with Gasteiger partial charge in [0.2, 0.25) is 0 Å². The first-order valence-corrected chi connectivity index (χ1v) is 5.70. The molecule has 0 bridgehead atoms. The van der Waals surface area contributed by atoms with Gasteiger partial charge >= 0.3 is 0 Å². The van der Waals surface area contributed by atoms with Crippen molar-refractivity contribution < 1.29 is 14.2 Å². The van der Waals surface area contributed by atoms with Crippen molar-refractivity contribution in [2.45, 2.75) is 38.7 Å². The van der Waals surface area contributed by atoms with Crippen molar-refractivity contribution >= 4 is 0 Å². The highest BCUT2D eigenvalue weighted by Crippen LogP contribution is 2.29. The van der Waals surface area contributed by atoms with Crippen LogP contribution < -0.4 is 4.74 Å². The first-order valence-electron chi connectivity index (χ1n) is 5.70. The minimum atomic E-state index is -0.568. The molecule has 90 valence electrons. The molecule has 1 aromatic rings. The lowest BCUT2D eigenvalue weighted by atomic mass is 10.0. The maximum Gasteiger partial charge on any atom is 0.127 e. The second-order valence-corrected chi connectivity index (χ2v) is 3.90. The van der Waals surface area contributed by atoms with Crippen LogP contribution in [0.2, 0.25) is 0 Å². The average molecular weight is 226 g/mol. The number of methoxy groups -OCH3 is 1. The minimum Gasteiger partial charge on any atom is -0.496 e. The van der Waals surface area contributed by atoms with E-state index in [0.717, 1.165) is 19.3 Å². The van der Waals surface area contributed by atoms with E-state index < -0.39 is 6.10 Å². The van der Waals surface area contributed by atoms with Crippen molar-refractivity contribution in [3.8, 4) is 5.75 Å². The van der Waals surface area contributed by atoms with Crippen molar-refractivity contribution in [2.75, 3.05) is 7.11 Å². The lowest BCUT2D eigenvalue weighted by Gasteiger charge is -2.14. The third-order valence-electron chi connectivity index (χ3n) is 2.64. The third kappa shape index (κ3) is 3.49. The molecule has 1 rings (SSSR count). The lowest BCUT2D eigenvalue weighted by molar-refractivity contribution is 0.159. The van der Waals surface area contributed by atoms with Crippen molar-refractivity contribution in [1.82, 2.24) is 0 Å². The Morgan fingerprint density at radius 2 is 2.12 bits per heavy atom. The number of benzene rings is 1. The lowest BCUT2D eigenvalue weighted by Crippen LogP contribution is -2.01. The molecule has 0 aliphatic heterocycles. The summed E-state index contributed by atoms with van der Waals surface area (Å²) < 4.78 is 18.0. The third-order valence-corrected chi connectivity index (χ3v) is 2.64. The fourth-order valence-corrected chi connectivity index (χ4v) is 1.70. The van der Waals surface area contributed by atoms with E-state index in [1.165, 1.54) is 19.2 Å². The summed E-state index contributed by atoms with van der Waals surface area (Å²) in [5.41, 5.74) is 0.667. The Hall–Kier alpha value is -1.09. The van der Waals surface area contributed by atoms with Crippen LogP contribution in [0.1, 0.15) is 44.3 Å². The summed E-state index contributed by atoms with van der Waals surface area (Å²) in [5.74, 6) is 0.0744. The molecule has 0 saturated carbocycles. The molecule has 2 nitrogen and oxygen atoms in total. The first kappa shape index (κ1) is 13.0. The van der Waals surface area contributed by atoms with Crippen LogP contribution >= 0.6 is 0 Å². The molecule has 1 atom stereocenters. The monoisotopic (exact) mass is 226 g/mol. The van der Waals surface area contributed by atoms with Crippen molar-refractivity contribution in [2.24, 2.45) is 0 Å². The number of hydrogen-bond donors (Lipinski definition) is 1. The van der Waals surface area contributed by atoms with Gasteiger partial charge in [-0.3, -0.25) is 0 Å². The topological polar surface area (TPSA) is 29.5 Å². The van der Waals surface area contributed by atoms with E-state index in [9.17, 15) is 9.50 Å². The standard InChI is InChI=1S/C13H19FO2/c1-3-4-5-6-12(15)11-8-7-10(14)9-13(11)16-2/h7-9,12,15H,3-6H2,1-2H3. The van der Waals surface area contributed by atoms with Crippen LogP contribution in [0.4, 0.5) is 4.39 Å². The molecule has 0 amide bonds. The summed E-state index contributed by atoms with van der Waals surface area (Å²) in [6.45, 7) is 2.12. The summed E-state index contributed by atoms with van der Waals surface area (Å²) in [7, 11) is 1.48. The SMILES string of the molecule is CCCCCC(O)c1ccc(F)cc1OC. The Balaban J connectivity index is 2.70. The second-order valence-electron chi connectivity index (χ2n) is 3.90. The molecule has 0 radical (unpaired) electrons. The van der Waals surface area contributed by atoms with Crippen LogP contribution in [0.15, 0.2) is 18.2 Å². The molecule has 0 aliphatic rings. The van der Waals surface area contributed by atoms with Crippen LogP contribution in [0.5, 0.6) is 5.75 Å². The van der Waals surface area contributed by atoms with Crippen LogP contribution in [0.3, 0.4) is 0 Å². The largest absolute Gasteiger partial charge is 0.496 e. The number of aliphatic hydroxyl groups excluding tert-OH is 1. The zero-order valence-corrected chi connectivity index (χ0v) is 9.87. The van der Waals surface area contributed by atoms with Crippen LogP contribution in [0, 0.1) is 5.82 Å². The second kappa shape index (κ2) is 6.48. The van der Waals surface area contributed by atoms with Gasteiger partial charge in [-0.15, -0.1) is 0 Å². The van der Waals surface area contributed by atoms with Gasteiger partial charge in [-0.1, -0.05) is 26.2 Å². The summed E-state index contributed by atoms with van der Waals surface area (Å²) in [5, 5.41) is 9.95. The van der Waals surface area contributed by atoms with E-state index in [1.807, 2.05) is 0 Å². The normalized spacial score (nSPS) is 12.5. The molecule has 1 N–H and O–H groups in total. The van der Waals surface area contributed by atoms with Crippen LogP contribution in [0.25, 0.3) is 0 Å². The Morgan fingerprint density at radius 3 is 2.75 bits per heavy atom. The maximum atomic E-state index is 12.9. The molecule has 16 heavy (non-hydrogen) atoms. The van der Waals surface area contributed by atoms with Gasteiger partial charge in [0.05, 0.1) is 13.2 Å². The van der Waals surface area contributed by atoms with Gasteiger partial charge in [0.25, 0.3) is 0 Å². The number of ether oxygens (including phenoxy) is 1. The molecule has 1 unspecified atom stereocenters. The molecule has 3 heteroatoms. The van der Waals surface area contributed by atoms with Crippen LogP contribution in [-0.4, -0.2) is 12.2 Å². The van der Waals surface area contributed by atoms with Crippen molar-refractivity contribution in [3.63, 3.8) is 0 Å². The van der Waals surface area contributed by atoms with Gasteiger partial charge in [-0.05, 0) is 18.6 Å². The maximum absolute atomic E-state index is 12.9. The summed E-state index contributed by atoms with van der Waals surface area (Å²) in [6, 6.07) is 4.24. The Bertz CT molecular complexity index is 326. The zero-order chi connectivity index (χ0) is 12.0. The van der Waals surface area contributed by atoms with Gasteiger partial charge in [0, 0.05) is 11.6 Å². The predicted octanol–water partition coefficient (Wildman–Crippen LogP) is 3.45. The van der Waals surface area contributed by atoms with Gasteiger partial charge in [0.15, 0.2) is 0 Å². The van der Waals surface area contributed by atoms with Crippen LogP contribution in [-0.2, 0) is 0 Å². The molecule has 1 aromatic carbocycles. The van der Waals surface area contributed by atoms with E-state index in [4.69, 9.17) is 4.74 Å². The van der Waals surface area contributed by atoms with E-state index in [-0.39, 0.29) is 5.82 Å². The van der Waals surface area contributed by atoms with Gasteiger partial charge in [0.1, 0.15) is 11.6 Å². The summed E-state index contributed by atoms with van der Waals surface area (Å²) in [4.78, 5) is 0. The highest BCUT2D eigenvalue weighted by Gasteiger charge is 2.13. The van der Waals surface area contributed by atoms with E-state index >= 15 is 0 Å². The molecule has 0 aromatic heterocycles. The van der Waals surface area contributed by atoms with Gasteiger partial charge in [-0.25, -0.2) is 4.39 Å². The number of unbranched alkanes of at least 4 members (excludes halogenated alkanes) is 2. The predicted molar refractivity (Wildman–Crippen MR) is 62.1 cm³/mol. The molecule has 0 saturated heterocycles. The van der Waals surface area contributed by atoms with Crippen molar-refractivity contribution in [3.05, 3.63) is 29.6 Å². The molecule has 0 heterocycles. The Morgan fingerprint density at radius 1 is 1.38 bits per heavy atom. The highest BCUT2D eigenvalue weighted by atomic mass is 19.1.